The number of morpholine rings is 1. The normalized spacial score (nSPS) is 19.7. The van der Waals surface area contributed by atoms with Crippen molar-refractivity contribution in [2.45, 2.75) is 25.9 Å². The summed E-state index contributed by atoms with van der Waals surface area (Å²) in [6.45, 7) is 7.71. The third-order valence-electron chi connectivity index (χ3n) is 4.71. The van der Waals surface area contributed by atoms with Crippen molar-refractivity contribution in [1.29, 1.82) is 0 Å². The van der Waals surface area contributed by atoms with Crippen molar-refractivity contribution in [3.63, 3.8) is 0 Å². The number of nitrogens with one attached hydrogen (secondary N) is 1. The zero-order chi connectivity index (χ0) is 17.6. The molecule has 1 aliphatic heterocycles. The molecule has 3 rings (SSSR count). The molecule has 0 aliphatic carbocycles. The zero-order valence-corrected chi connectivity index (χ0v) is 16.1. The first-order valence-electron chi connectivity index (χ1n) is 8.85. The van der Waals surface area contributed by atoms with Crippen molar-refractivity contribution < 1.29 is 4.74 Å². The van der Waals surface area contributed by atoms with Crippen molar-refractivity contribution in [3.8, 4) is 0 Å². The van der Waals surface area contributed by atoms with Crippen LogP contribution in [0.15, 0.2) is 46.8 Å². The molecule has 4 nitrogen and oxygen atoms in total. The molecule has 5 heteroatoms. The lowest BCUT2D eigenvalue weighted by Gasteiger charge is -2.36. The molecule has 2 aromatic rings. The molecular formula is C20H27N3OS. The molecule has 0 saturated carbocycles. The maximum atomic E-state index is 6.03. The first-order chi connectivity index (χ1) is 12.2. The number of guanidine groups is 1. The average molecular weight is 358 g/mol. The second-order valence-electron chi connectivity index (χ2n) is 6.51. The van der Waals surface area contributed by atoms with Crippen molar-refractivity contribution in [2.24, 2.45) is 4.99 Å². The molecular weight excluding hydrogens is 330 g/mol. The molecule has 134 valence electrons. The highest BCUT2D eigenvalue weighted by Gasteiger charge is 2.25. The number of nitrogens with zero attached hydrogens (tertiary/aromatic N) is 2. The van der Waals surface area contributed by atoms with Gasteiger partial charge in [0.05, 0.1) is 13.2 Å². The molecule has 0 radical (unpaired) electrons. The number of rotatable bonds is 4. The van der Waals surface area contributed by atoms with Crippen LogP contribution in [0.5, 0.6) is 0 Å². The quantitative estimate of drug-likeness (QED) is 0.668. The monoisotopic (exact) mass is 357 g/mol. The molecule has 1 aliphatic rings. The van der Waals surface area contributed by atoms with E-state index in [-0.39, 0.29) is 6.10 Å². The van der Waals surface area contributed by atoms with Gasteiger partial charge in [0.15, 0.2) is 5.96 Å². The fourth-order valence-electron chi connectivity index (χ4n) is 3.23. The summed E-state index contributed by atoms with van der Waals surface area (Å²) < 4.78 is 6.03. The van der Waals surface area contributed by atoms with Crippen LogP contribution in [0.1, 0.15) is 34.9 Å². The Morgan fingerprint density at radius 1 is 1.36 bits per heavy atom. The van der Waals surface area contributed by atoms with E-state index in [1.54, 1.807) is 0 Å². The summed E-state index contributed by atoms with van der Waals surface area (Å²) in [5.41, 5.74) is 2.55. The molecule has 1 saturated heterocycles. The topological polar surface area (TPSA) is 36.9 Å². The van der Waals surface area contributed by atoms with Crippen LogP contribution in [0.25, 0.3) is 0 Å². The molecule has 1 N–H and O–H groups in total. The Bertz CT molecular complexity index is 699. The van der Waals surface area contributed by atoms with Crippen LogP contribution >= 0.6 is 11.3 Å². The Morgan fingerprint density at radius 2 is 2.20 bits per heavy atom. The van der Waals surface area contributed by atoms with Crippen LogP contribution in [-0.2, 0) is 4.74 Å². The van der Waals surface area contributed by atoms with Crippen LogP contribution in [-0.4, -0.2) is 44.1 Å². The van der Waals surface area contributed by atoms with Gasteiger partial charge in [0.2, 0.25) is 0 Å². The molecule has 0 spiro atoms. The van der Waals surface area contributed by atoms with Crippen molar-refractivity contribution in [3.05, 3.63) is 57.8 Å². The van der Waals surface area contributed by atoms with Gasteiger partial charge < -0.3 is 15.0 Å². The van der Waals surface area contributed by atoms with E-state index in [1.807, 2.05) is 18.4 Å². The van der Waals surface area contributed by atoms with Crippen molar-refractivity contribution in [1.82, 2.24) is 10.2 Å². The van der Waals surface area contributed by atoms with Gasteiger partial charge in [0.25, 0.3) is 0 Å². The fourth-order valence-corrected chi connectivity index (χ4v) is 4.01. The molecule has 1 aromatic carbocycles. The van der Waals surface area contributed by atoms with E-state index in [0.717, 1.165) is 32.2 Å². The molecule has 1 fully saturated rings. The lowest BCUT2D eigenvalue weighted by atomic mass is 10.0. The van der Waals surface area contributed by atoms with E-state index >= 15 is 0 Å². The van der Waals surface area contributed by atoms with Gasteiger partial charge in [0, 0.05) is 30.9 Å². The molecule has 2 unspecified atom stereocenters. The Labute approximate surface area is 154 Å². The number of aryl methyl sites for hydroxylation is 1. The minimum Gasteiger partial charge on any atom is -0.370 e. The van der Waals surface area contributed by atoms with Gasteiger partial charge in [0.1, 0.15) is 6.10 Å². The third-order valence-corrected chi connectivity index (χ3v) is 5.81. The highest BCUT2D eigenvalue weighted by atomic mass is 32.1. The van der Waals surface area contributed by atoms with Gasteiger partial charge in [-0.25, -0.2) is 0 Å². The van der Waals surface area contributed by atoms with E-state index in [1.165, 1.54) is 16.0 Å². The summed E-state index contributed by atoms with van der Waals surface area (Å²) in [6.07, 6.45) is 0.100. The number of ether oxygens (including phenoxy) is 1. The van der Waals surface area contributed by atoms with Crippen LogP contribution in [0.2, 0.25) is 0 Å². The highest BCUT2D eigenvalue weighted by molar-refractivity contribution is 7.10. The number of aliphatic imine (C=N–C) groups is 1. The maximum absolute atomic E-state index is 6.03. The van der Waals surface area contributed by atoms with Crippen molar-refractivity contribution in [2.75, 3.05) is 33.3 Å². The summed E-state index contributed by atoms with van der Waals surface area (Å²) in [5, 5.41) is 5.68. The SMILES string of the molecule is CN=C(NCC(C)c1cccs1)N1CCOC(c2ccccc2C)C1. The van der Waals surface area contributed by atoms with Crippen molar-refractivity contribution >= 4 is 17.3 Å². The Kier molecular flexibility index (Phi) is 6.10. The smallest absolute Gasteiger partial charge is 0.193 e. The average Bonchev–Trinajstić information content (AvgIpc) is 3.17. The predicted octanol–water partition coefficient (Wildman–Crippen LogP) is 3.81. The second-order valence-corrected chi connectivity index (χ2v) is 7.49. The summed E-state index contributed by atoms with van der Waals surface area (Å²) in [5.74, 6) is 1.44. The largest absolute Gasteiger partial charge is 0.370 e. The molecule has 1 aromatic heterocycles. The first kappa shape index (κ1) is 18.0. The van der Waals surface area contributed by atoms with E-state index in [0.29, 0.717) is 5.92 Å². The van der Waals surface area contributed by atoms with E-state index in [9.17, 15) is 0 Å². The predicted molar refractivity (Wildman–Crippen MR) is 106 cm³/mol. The second kappa shape index (κ2) is 8.50. The van der Waals surface area contributed by atoms with Gasteiger partial charge >= 0.3 is 0 Å². The van der Waals surface area contributed by atoms with Crippen LogP contribution < -0.4 is 5.32 Å². The van der Waals surface area contributed by atoms with E-state index in [2.05, 4.69) is 70.8 Å². The standard InChI is InChI=1S/C20H27N3OS/c1-15-7-4-5-8-17(15)18-14-23(10-11-24-18)20(21-3)22-13-16(2)19-9-6-12-25-19/h4-9,12,16,18H,10-11,13-14H2,1-3H3,(H,21,22). The Hall–Kier alpha value is -1.85. The Balaban J connectivity index is 1.62. The first-order valence-corrected chi connectivity index (χ1v) is 9.73. The maximum Gasteiger partial charge on any atom is 0.193 e. The molecule has 2 heterocycles. The lowest BCUT2D eigenvalue weighted by Crippen LogP contribution is -2.48. The number of thiophene rings is 1. The van der Waals surface area contributed by atoms with Gasteiger partial charge in [-0.05, 0) is 29.5 Å². The third kappa shape index (κ3) is 4.41. The van der Waals surface area contributed by atoms with Gasteiger partial charge in [-0.15, -0.1) is 11.3 Å². The summed E-state index contributed by atoms with van der Waals surface area (Å²) in [4.78, 5) is 8.21. The number of hydrogen-bond donors (Lipinski definition) is 1. The summed E-state index contributed by atoms with van der Waals surface area (Å²) in [7, 11) is 1.86. The van der Waals surface area contributed by atoms with Crippen LogP contribution in [0.3, 0.4) is 0 Å². The highest BCUT2D eigenvalue weighted by Crippen LogP contribution is 2.25. The molecule has 0 bridgehead atoms. The minimum atomic E-state index is 0.100. The molecule has 0 amide bonds. The summed E-state index contributed by atoms with van der Waals surface area (Å²) in [6, 6.07) is 12.8. The van der Waals surface area contributed by atoms with Gasteiger partial charge in [-0.1, -0.05) is 37.3 Å². The Morgan fingerprint density at radius 3 is 2.92 bits per heavy atom. The minimum absolute atomic E-state index is 0.100. The van der Waals surface area contributed by atoms with E-state index in [4.69, 9.17) is 4.74 Å². The van der Waals surface area contributed by atoms with Crippen LogP contribution in [0, 0.1) is 6.92 Å². The van der Waals surface area contributed by atoms with Gasteiger partial charge in [-0.2, -0.15) is 0 Å². The summed E-state index contributed by atoms with van der Waals surface area (Å²) >= 11 is 1.81. The number of benzene rings is 1. The fraction of sp³-hybridized carbons (Fsp3) is 0.450. The van der Waals surface area contributed by atoms with Gasteiger partial charge in [-0.3, -0.25) is 4.99 Å². The number of hydrogen-bond acceptors (Lipinski definition) is 3. The zero-order valence-electron chi connectivity index (χ0n) is 15.2. The molecule has 2 atom stereocenters. The molecule has 25 heavy (non-hydrogen) atoms. The lowest BCUT2D eigenvalue weighted by molar-refractivity contribution is -0.00831. The van der Waals surface area contributed by atoms with E-state index < -0.39 is 0 Å². The van der Waals surface area contributed by atoms with Crippen LogP contribution in [0.4, 0.5) is 0 Å².